The predicted molar refractivity (Wildman–Crippen MR) is 83.1 cm³/mol. The summed E-state index contributed by atoms with van der Waals surface area (Å²) in [7, 11) is 5.05. The van der Waals surface area contributed by atoms with Crippen molar-refractivity contribution in [2.75, 3.05) is 53.4 Å². The van der Waals surface area contributed by atoms with E-state index in [4.69, 9.17) is 0 Å². The highest BCUT2D eigenvalue weighted by Gasteiger charge is 2.52. The third-order valence-electron chi connectivity index (χ3n) is 7.22. The van der Waals surface area contributed by atoms with Crippen LogP contribution < -0.4 is 48.0 Å². The van der Waals surface area contributed by atoms with E-state index in [1.54, 1.807) is 0 Å². The van der Waals surface area contributed by atoms with Crippen molar-refractivity contribution >= 4 is 0 Å². The molecule has 5 aliphatic rings. The van der Waals surface area contributed by atoms with Gasteiger partial charge < -0.3 is 56.9 Å². The Morgan fingerprint density at radius 1 is 0.773 bits per heavy atom. The van der Waals surface area contributed by atoms with E-state index >= 15 is 0 Å². The molecule has 2 nitrogen and oxygen atoms in total. The number of likely N-dealkylation sites (tertiary alicyclic amines) is 2. The fourth-order valence-corrected chi connectivity index (χ4v) is 5.83. The maximum Gasteiger partial charge on any atom is 0.128 e. The minimum Gasteiger partial charge on any atom is -1.00 e. The highest BCUT2D eigenvalue weighted by Crippen LogP contribution is 2.49. The highest BCUT2D eigenvalue weighted by atomic mass is 127. The molecule has 2 saturated heterocycles. The molecule has 1 saturated carbocycles. The average Bonchev–Trinajstić information content (AvgIpc) is 3.03. The van der Waals surface area contributed by atoms with Crippen LogP contribution >= 0.6 is 0 Å². The summed E-state index contributed by atoms with van der Waals surface area (Å²) in [6, 6.07) is 0. The number of rotatable bonds is 3. The zero-order chi connectivity index (χ0) is 13.8. The van der Waals surface area contributed by atoms with Crippen molar-refractivity contribution in [3.63, 3.8) is 0 Å². The summed E-state index contributed by atoms with van der Waals surface area (Å²) < 4.78 is 2.73. The lowest BCUT2D eigenvalue weighted by molar-refractivity contribution is -0.954. The molecule has 0 spiro atoms. The van der Waals surface area contributed by atoms with Crippen molar-refractivity contribution < 1.29 is 56.9 Å². The van der Waals surface area contributed by atoms with E-state index in [-0.39, 0.29) is 48.0 Å². The molecule has 4 atom stereocenters. The van der Waals surface area contributed by atoms with Crippen LogP contribution in [0.3, 0.4) is 0 Å². The largest absolute Gasteiger partial charge is 1.00 e. The van der Waals surface area contributed by atoms with Gasteiger partial charge in [-0.1, -0.05) is 12.2 Å². The van der Waals surface area contributed by atoms with Gasteiger partial charge >= 0.3 is 0 Å². The fourth-order valence-electron chi connectivity index (χ4n) is 5.83. The van der Waals surface area contributed by atoms with E-state index in [1.807, 2.05) is 0 Å². The summed E-state index contributed by atoms with van der Waals surface area (Å²) in [5, 5.41) is 0. The van der Waals surface area contributed by atoms with E-state index < -0.39 is 0 Å². The first kappa shape index (κ1) is 19.4. The maximum atomic E-state index is 2.57. The standard InChI is InChI=1S/C18H32N2.2HI/c1-19(9-3-4-10-19)11-12-20(2)13-17-15-5-6-16(8-7-15)18(17)14-20;;/h5-6,15-18H,3-4,7-14H2,1-2H3;2*1H/q+2;;/p-2. The number of hydrogen-bond donors (Lipinski definition) is 0. The Kier molecular flexibility index (Phi) is 6.33. The Bertz CT molecular complexity index is 395. The second-order valence-corrected chi connectivity index (χ2v) is 8.82. The van der Waals surface area contributed by atoms with Crippen molar-refractivity contribution in [2.45, 2.75) is 25.7 Å². The average molecular weight is 530 g/mol. The van der Waals surface area contributed by atoms with Gasteiger partial charge in [-0.2, -0.15) is 0 Å². The lowest BCUT2D eigenvalue weighted by atomic mass is 9.64. The number of nitrogens with zero attached hydrogens (tertiary/aromatic N) is 2. The number of quaternary nitrogens is 2. The van der Waals surface area contributed by atoms with Crippen LogP contribution in [0, 0.1) is 23.7 Å². The van der Waals surface area contributed by atoms with Gasteiger partial charge in [0.15, 0.2) is 0 Å². The molecule has 4 unspecified atom stereocenters. The summed E-state index contributed by atoms with van der Waals surface area (Å²) in [4.78, 5) is 0. The van der Waals surface area contributed by atoms with Crippen LogP contribution in [-0.4, -0.2) is 62.3 Å². The molecule has 3 fully saturated rings. The quantitative estimate of drug-likeness (QED) is 0.202. The van der Waals surface area contributed by atoms with E-state index in [0.29, 0.717) is 0 Å². The van der Waals surface area contributed by atoms with Crippen LogP contribution in [-0.2, 0) is 0 Å². The first-order valence-electron chi connectivity index (χ1n) is 8.92. The van der Waals surface area contributed by atoms with Crippen molar-refractivity contribution in [3.05, 3.63) is 12.2 Å². The minimum atomic E-state index is 0. The van der Waals surface area contributed by atoms with Crippen LogP contribution in [0.4, 0.5) is 0 Å². The summed E-state index contributed by atoms with van der Waals surface area (Å²) >= 11 is 0. The van der Waals surface area contributed by atoms with E-state index in [2.05, 4.69) is 26.2 Å². The normalized spacial score (nSPS) is 44.3. The Labute approximate surface area is 170 Å². The number of halogens is 2. The summed E-state index contributed by atoms with van der Waals surface area (Å²) in [6.45, 7) is 8.63. The SMILES string of the molecule is C[N+]1(CC[N+]2(C)CC3C4C=CC(CC4)C3C2)CCCC1.[I-].[I-]. The summed E-state index contributed by atoms with van der Waals surface area (Å²) in [6.07, 6.45) is 11.0. The number of fused-ring (bicyclic) bond motifs is 1. The maximum absolute atomic E-state index is 2.57. The minimum absolute atomic E-state index is 0. The van der Waals surface area contributed by atoms with E-state index in [9.17, 15) is 0 Å². The highest BCUT2D eigenvalue weighted by molar-refractivity contribution is 5.10. The van der Waals surface area contributed by atoms with Gasteiger partial charge in [-0.3, -0.25) is 0 Å². The molecule has 128 valence electrons. The molecular weight excluding hydrogens is 498 g/mol. The van der Waals surface area contributed by atoms with Gasteiger partial charge in [0.2, 0.25) is 0 Å². The molecule has 0 aromatic heterocycles. The first-order valence-corrected chi connectivity index (χ1v) is 8.92. The van der Waals surface area contributed by atoms with E-state index in [1.165, 1.54) is 73.9 Å². The van der Waals surface area contributed by atoms with Gasteiger partial charge in [0.25, 0.3) is 0 Å². The molecule has 0 N–H and O–H groups in total. The fraction of sp³-hybridized carbons (Fsp3) is 0.889. The first-order chi connectivity index (χ1) is 9.57. The molecule has 2 bridgehead atoms. The molecular formula is C18H32I2N2. The third kappa shape index (κ3) is 3.54. The van der Waals surface area contributed by atoms with Crippen LogP contribution in [0.2, 0.25) is 0 Å². The lowest BCUT2D eigenvalue weighted by Crippen LogP contribution is -3.00. The Morgan fingerprint density at radius 2 is 1.23 bits per heavy atom. The Balaban J connectivity index is 0.000000882. The number of allylic oxidation sites excluding steroid dienone is 2. The molecule has 2 heterocycles. The number of likely N-dealkylation sites (N-methyl/N-ethyl adjacent to an activating group) is 2. The molecule has 0 aromatic carbocycles. The molecule has 4 heteroatoms. The summed E-state index contributed by atoms with van der Waals surface area (Å²) in [5.74, 6) is 3.91. The molecule has 0 radical (unpaired) electrons. The van der Waals surface area contributed by atoms with Gasteiger partial charge in [-0.15, -0.1) is 0 Å². The molecule has 0 amide bonds. The molecule has 5 rings (SSSR count). The van der Waals surface area contributed by atoms with Crippen LogP contribution in [0.1, 0.15) is 25.7 Å². The zero-order valence-electron chi connectivity index (χ0n) is 14.2. The number of hydrogen-bond acceptors (Lipinski definition) is 0. The van der Waals surface area contributed by atoms with Gasteiger partial charge in [-0.05, 0) is 24.7 Å². The van der Waals surface area contributed by atoms with Crippen molar-refractivity contribution in [3.8, 4) is 0 Å². The van der Waals surface area contributed by atoms with Crippen molar-refractivity contribution in [1.82, 2.24) is 0 Å². The van der Waals surface area contributed by atoms with Gasteiger partial charge in [0.1, 0.15) is 13.1 Å². The van der Waals surface area contributed by atoms with Gasteiger partial charge in [0, 0.05) is 24.7 Å². The predicted octanol–water partition coefficient (Wildman–Crippen LogP) is -3.48. The second kappa shape index (κ2) is 7.16. The Morgan fingerprint density at radius 3 is 1.68 bits per heavy atom. The van der Waals surface area contributed by atoms with Crippen LogP contribution in [0.15, 0.2) is 12.2 Å². The zero-order valence-corrected chi connectivity index (χ0v) is 18.5. The second-order valence-electron chi connectivity index (χ2n) is 8.82. The van der Waals surface area contributed by atoms with Crippen LogP contribution in [0.5, 0.6) is 0 Å². The Hall–Kier alpha value is 1.12. The van der Waals surface area contributed by atoms with Crippen LogP contribution in [0.25, 0.3) is 0 Å². The lowest BCUT2D eigenvalue weighted by Gasteiger charge is -2.38. The van der Waals surface area contributed by atoms with Crippen molar-refractivity contribution in [2.24, 2.45) is 23.7 Å². The molecule has 0 aromatic rings. The smallest absolute Gasteiger partial charge is 0.128 e. The van der Waals surface area contributed by atoms with E-state index in [0.717, 1.165) is 23.7 Å². The molecule has 2 aliphatic heterocycles. The van der Waals surface area contributed by atoms with Crippen molar-refractivity contribution in [1.29, 1.82) is 0 Å². The topological polar surface area (TPSA) is 0 Å². The monoisotopic (exact) mass is 530 g/mol. The molecule has 3 aliphatic carbocycles. The van der Waals surface area contributed by atoms with Gasteiger partial charge in [0.05, 0.1) is 40.3 Å². The molecule has 22 heavy (non-hydrogen) atoms. The summed E-state index contributed by atoms with van der Waals surface area (Å²) in [5.41, 5.74) is 0. The third-order valence-corrected chi connectivity index (χ3v) is 7.22. The van der Waals surface area contributed by atoms with Gasteiger partial charge in [-0.25, -0.2) is 0 Å².